The van der Waals surface area contributed by atoms with Gasteiger partial charge in [0.25, 0.3) is 5.91 Å². The fraction of sp³-hybridized carbons (Fsp3) is 0.353. The number of sulfonamides is 1. The van der Waals surface area contributed by atoms with E-state index in [0.29, 0.717) is 25.3 Å². The molecule has 8 heteroatoms. The van der Waals surface area contributed by atoms with Gasteiger partial charge in [-0.25, -0.2) is 17.5 Å². The Morgan fingerprint density at radius 1 is 1.32 bits per heavy atom. The molecule has 1 amide bonds. The van der Waals surface area contributed by atoms with Gasteiger partial charge in [0.05, 0.1) is 17.3 Å². The van der Waals surface area contributed by atoms with E-state index >= 15 is 0 Å². The summed E-state index contributed by atoms with van der Waals surface area (Å²) in [6, 6.07) is 5.48. The Morgan fingerprint density at radius 2 is 2.08 bits per heavy atom. The zero-order chi connectivity index (χ0) is 18.4. The molecule has 2 rings (SSSR count). The number of nitrogens with one attached hydrogen (secondary N) is 2. The van der Waals surface area contributed by atoms with E-state index in [9.17, 15) is 17.6 Å². The SMILES string of the molecule is C/C(F)=C\C=C(/C)NC(=O)c1cccc(S(=O)(=O)N[C@@H]2CCOC2)c1. The number of rotatable bonds is 6. The van der Waals surface area contributed by atoms with Crippen molar-refractivity contribution in [3.8, 4) is 0 Å². The molecule has 6 nitrogen and oxygen atoms in total. The molecule has 0 bridgehead atoms. The predicted molar refractivity (Wildman–Crippen MR) is 92.1 cm³/mol. The van der Waals surface area contributed by atoms with E-state index in [1.54, 1.807) is 6.92 Å². The monoisotopic (exact) mass is 368 g/mol. The molecule has 1 aliphatic heterocycles. The van der Waals surface area contributed by atoms with Crippen LogP contribution in [0.5, 0.6) is 0 Å². The van der Waals surface area contributed by atoms with Crippen LogP contribution in [0.1, 0.15) is 30.6 Å². The van der Waals surface area contributed by atoms with Crippen molar-refractivity contribution >= 4 is 15.9 Å². The molecule has 0 spiro atoms. The quantitative estimate of drug-likeness (QED) is 0.755. The van der Waals surface area contributed by atoms with E-state index in [2.05, 4.69) is 10.0 Å². The number of carbonyl (C=O) groups excluding carboxylic acids is 1. The average Bonchev–Trinajstić information content (AvgIpc) is 3.05. The number of benzene rings is 1. The van der Waals surface area contributed by atoms with E-state index in [-0.39, 0.29) is 22.3 Å². The molecule has 0 aromatic heterocycles. The number of amides is 1. The normalized spacial score (nSPS) is 19.1. The van der Waals surface area contributed by atoms with Gasteiger partial charge >= 0.3 is 0 Å². The molecule has 1 aromatic carbocycles. The first-order valence-corrected chi connectivity index (χ1v) is 9.28. The lowest BCUT2D eigenvalue weighted by molar-refractivity contribution is 0.0965. The number of hydrogen-bond acceptors (Lipinski definition) is 4. The lowest BCUT2D eigenvalue weighted by Gasteiger charge is -2.12. The van der Waals surface area contributed by atoms with E-state index < -0.39 is 15.9 Å². The molecule has 2 N–H and O–H groups in total. The second kappa shape index (κ2) is 8.37. The molecule has 1 heterocycles. The Morgan fingerprint density at radius 3 is 2.72 bits per heavy atom. The molecule has 1 aromatic rings. The molecule has 0 saturated carbocycles. The molecule has 25 heavy (non-hydrogen) atoms. The second-order valence-corrected chi connectivity index (χ2v) is 7.48. The van der Waals surface area contributed by atoms with Crippen LogP contribution in [0.15, 0.2) is 52.8 Å². The second-order valence-electron chi connectivity index (χ2n) is 5.77. The number of carbonyl (C=O) groups is 1. The van der Waals surface area contributed by atoms with Crippen molar-refractivity contribution in [1.82, 2.24) is 10.0 Å². The Labute approximate surface area is 146 Å². The molecule has 1 aliphatic rings. The summed E-state index contributed by atoms with van der Waals surface area (Å²) in [6.45, 7) is 3.76. The molecule has 1 fully saturated rings. The third kappa shape index (κ3) is 5.77. The summed E-state index contributed by atoms with van der Waals surface area (Å²) in [4.78, 5) is 12.2. The van der Waals surface area contributed by atoms with Crippen LogP contribution in [0.25, 0.3) is 0 Å². The number of hydrogen-bond donors (Lipinski definition) is 2. The Bertz CT molecular complexity index is 793. The van der Waals surface area contributed by atoms with Crippen LogP contribution in [0.3, 0.4) is 0 Å². The van der Waals surface area contributed by atoms with Crippen molar-refractivity contribution in [2.75, 3.05) is 13.2 Å². The van der Waals surface area contributed by atoms with E-state index in [1.807, 2.05) is 0 Å². The van der Waals surface area contributed by atoms with Crippen LogP contribution < -0.4 is 10.0 Å². The first-order valence-electron chi connectivity index (χ1n) is 7.80. The molecule has 0 aliphatic carbocycles. The maximum absolute atomic E-state index is 12.7. The van der Waals surface area contributed by atoms with Gasteiger partial charge in [-0.3, -0.25) is 4.79 Å². The molecule has 136 valence electrons. The van der Waals surface area contributed by atoms with Crippen molar-refractivity contribution in [3.63, 3.8) is 0 Å². The van der Waals surface area contributed by atoms with Gasteiger partial charge in [0.2, 0.25) is 10.0 Å². The lowest BCUT2D eigenvalue weighted by Crippen LogP contribution is -2.35. The fourth-order valence-electron chi connectivity index (χ4n) is 2.25. The minimum atomic E-state index is -3.73. The van der Waals surface area contributed by atoms with Crippen molar-refractivity contribution in [2.45, 2.75) is 31.2 Å². The fourth-order valence-corrected chi connectivity index (χ4v) is 3.55. The van der Waals surface area contributed by atoms with Gasteiger partial charge in [-0.1, -0.05) is 6.07 Å². The van der Waals surface area contributed by atoms with E-state index in [1.165, 1.54) is 43.3 Å². The summed E-state index contributed by atoms with van der Waals surface area (Å²) in [6.07, 6.45) is 3.27. The number of allylic oxidation sites excluding steroid dienone is 4. The summed E-state index contributed by atoms with van der Waals surface area (Å²) in [5.74, 6) is -0.858. The standard InChI is InChI=1S/C17H21FN2O4S/c1-12(18)6-7-13(2)19-17(21)14-4-3-5-16(10-14)25(22,23)20-15-8-9-24-11-15/h3-7,10,15,20H,8-9,11H2,1-2H3,(H,19,21)/b12-6+,13-7+/t15-/m1/s1. The summed E-state index contributed by atoms with van der Waals surface area (Å²) < 4.78 is 45.2. The van der Waals surface area contributed by atoms with Crippen LogP contribution in [-0.4, -0.2) is 33.6 Å². The minimum absolute atomic E-state index is 0.00758. The van der Waals surface area contributed by atoms with Crippen molar-refractivity contribution in [2.24, 2.45) is 0 Å². The van der Waals surface area contributed by atoms with Crippen LogP contribution in [-0.2, 0) is 14.8 Å². The highest BCUT2D eigenvalue weighted by Gasteiger charge is 2.24. The van der Waals surface area contributed by atoms with Crippen molar-refractivity contribution < 1.29 is 22.3 Å². The maximum atomic E-state index is 12.7. The van der Waals surface area contributed by atoms with Gasteiger partial charge in [-0.15, -0.1) is 0 Å². The Kier molecular flexibility index (Phi) is 6.46. The minimum Gasteiger partial charge on any atom is -0.380 e. The Balaban J connectivity index is 2.13. The number of halogens is 1. The van der Waals surface area contributed by atoms with E-state index in [0.717, 1.165) is 0 Å². The van der Waals surface area contributed by atoms with Crippen molar-refractivity contribution in [1.29, 1.82) is 0 Å². The summed E-state index contributed by atoms with van der Waals surface area (Å²) >= 11 is 0. The molecule has 0 radical (unpaired) electrons. The van der Waals surface area contributed by atoms with E-state index in [4.69, 9.17) is 4.74 Å². The third-order valence-corrected chi connectivity index (χ3v) is 5.05. The summed E-state index contributed by atoms with van der Waals surface area (Å²) in [5, 5.41) is 2.58. The smallest absolute Gasteiger partial charge is 0.255 e. The molecule has 1 saturated heterocycles. The molecule has 0 unspecified atom stereocenters. The van der Waals surface area contributed by atoms with Gasteiger partial charge in [-0.05, 0) is 50.6 Å². The van der Waals surface area contributed by atoms with Gasteiger partial charge in [0, 0.05) is 23.9 Å². The molecule has 1 atom stereocenters. The first kappa shape index (κ1) is 19.3. The molecular formula is C17H21FN2O4S. The van der Waals surface area contributed by atoms with Crippen LogP contribution >= 0.6 is 0 Å². The van der Waals surface area contributed by atoms with Crippen LogP contribution in [0, 0.1) is 0 Å². The Hall–Kier alpha value is -2.03. The predicted octanol–water partition coefficient (Wildman–Crippen LogP) is 2.26. The highest BCUT2D eigenvalue weighted by Crippen LogP contribution is 2.14. The van der Waals surface area contributed by atoms with Gasteiger partial charge < -0.3 is 10.1 Å². The third-order valence-electron chi connectivity index (χ3n) is 3.53. The zero-order valence-electron chi connectivity index (χ0n) is 14.1. The summed E-state index contributed by atoms with van der Waals surface area (Å²) in [7, 11) is -3.73. The first-order chi connectivity index (χ1) is 11.8. The van der Waals surface area contributed by atoms with Crippen molar-refractivity contribution in [3.05, 3.63) is 53.5 Å². The van der Waals surface area contributed by atoms with Gasteiger partial charge in [-0.2, -0.15) is 0 Å². The topological polar surface area (TPSA) is 84.5 Å². The van der Waals surface area contributed by atoms with Gasteiger partial charge in [0.1, 0.15) is 0 Å². The van der Waals surface area contributed by atoms with Crippen LogP contribution in [0.2, 0.25) is 0 Å². The maximum Gasteiger partial charge on any atom is 0.255 e. The average molecular weight is 368 g/mol. The lowest BCUT2D eigenvalue weighted by atomic mass is 10.2. The largest absolute Gasteiger partial charge is 0.380 e. The molecular weight excluding hydrogens is 347 g/mol. The zero-order valence-corrected chi connectivity index (χ0v) is 14.9. The highest BCUT2D eigenvalue weighted by molar-refractivity contribution is 7.89. The number of ether oxygens (including phenoxy) is 1. The highest BCUT2D eigenvalue weighted by atomic mass is 32.2. The van der Waals surface area contributed by atoms with Crippen LogP contribution in [0.4, 0.5) is 4.39 Å². The summed E-state index contributed by atoms with van der Waals surface area (Å²) in [5.41, 5.74) is 0.635. The van der Waals surface area contributed by atoms with Gasteiger partial charge in [0.15, 0.2) is 0 Å².